The van der Waals surface area contributed by atoms with Gasteiger partial charge in [0.2, 0.25) is 5.91 Å². The molecule has 0 saturated carbocycles. The molecular formula is C16H17N3O3S. The number of hydrogen-bond donors (Lipinski definition) is 3. The molecule has 3 rings (SSSR count). The van der Waals surface area contributed by atoms with E-state index in [0.29, 0.717) is 4.88 Å². The third-order valence-electron chi connectivity index (χ3n) is 3.67. The average Bonchev–Trinajstić information content (AvgIpc) is 2.99. The largest absolute Gasteiger partial charge is 0.504 e. The van der Waals surface area contributed by atoms with Crippen molar-refractivity contribution in [3.8, 4) is 5.75 Å². The number of carbonyl (C=O) groups is 2. The number of fused-ring (bicyclic) bond motifs is 1. The summed E-state index contributed by atoms with van der Waals surface area (Å²) in [5, 5.41) is 14.6. The van der Waals surface area contributed by atoms with E-state index < -0.39 is 5.91 Å². The highest BCUT2D eigenvalue weighted by atomic mass is 32.1. The molecule has 0 spiro atoms. The van der Waals surface area contributed by atoms with Crippen LogP contribution < -0.4 is 10.6 Å². The van der Waals surface area contributed by atoms with Crippen LogP contribution in [-0.2, 0) is 17.6 Å². The first kappa shape index (κ1) is 15.5. The first-order valence-corrected chi connectivity index (χ1v) is 8.29. The summed E-state index contributed by atoms with van der Waals surface area (Å²) in [7, 11) is 0. The van der Waals surface area contributed by atoms with Crippen molar-refractivity contribution in [2.45, 2.75) is 25.7 Å². The van der Waals surface area contributed by atoms with Crippen LogP contribution in [0.2, 0.25) is 0 Å². The van der Waals surface area contributed by atoms with Gasteiger partial charge in [-0.2, -0.15) is 0 Å². The van der Waals surface area contributed by atoms with E-state index in [1.807, 2.05) is 6.07 Å². The summed E-state index contributed by atoms with van der Waals surface area (Å²) in [6.45, 7) is -0.169. The highest BCUT2D eigenvalue weighted by molar-refractivity contribution is 7.14. The monoisotopic (exact) mass is 331 g/mol. The van der Waals surface area contributed by atoms with Gasteiger partial charge < -0.3 is 15.7 Å². The van der Waals surface area contributed by atoms with Crippen LogP contribution in [0.25, 0.3) is 0 Å². The Morgan fingerprint density at radius 3 is 2.91 bits per heavy atom. The van der Waals surface area contributed by atoms with Gasteiger partial charge in [-0.3, -0.25) is 9.59 Å². The fourth-order valence-corrected chi connectivity index (χ4v) is 3.69. The Hall–Kier alpha value is -2.41. The number of nitrogens with zero attached hydrogens (tertiary/aromatic N) is 1. The topological polar surface area (TPSA) is 91.3 Å². The summed E-state index contributed by atoms with van der Waals surface area (Å²) < 4.78 is 0. The first-order chi connectivity index (χ1) is 11.1. The number of hydrogen-bond acceptors (Lipinski definition) is 5. The van der Waals surface area contributed by atoms with E-state index in [9.17, 15) is 14.7 Å². The molecule has 2 amide bonds. The van der Waals surface area contributed by atoms with Crippen LogP contribution in [0.1, 0.15) is 33.0 Å². The van der Waals surface area contributed by atoms with Crippen molar-refractivity contribution in [2.24, 2.45) is 0 Å². The molecule has 3 N–H and O–H groups in total. The van der Waals surface area contributed by atoms with Crippen molar-refractivity contribution in [1.82, 2.24) is 10.3 Å². The van der Waals surface area contributed by atoms with E-state index in [1.165, 1.54) is 46.9 Å². The molecule has 7 heteroatoms. The lowest BCUT2D eigenvalue weighted by Crippen LogP contribution is -2.32. The van der Waals surface area contributed by atoms with Crippen molar-refractivity contribution in [1.29, 1.82) is 0 Å². The molecule has 0 saturated heterocycles. The second-order valence-corrected chi connectivity index (χ2v) is 6.50. The van der Waals surface area contributed by atoms with Gasteiger partial charge in [0.1, 0.15) is 0 Å². The molecule has 0 aromatic carbocycles. The predicted octanol–water partition coefficient (Wildman–Crippen LogP) is 2.10. The van der Waals surface area contributed by atoms with Gasteiger partial charge in [-0.1, -0.05) is 0 Å². The standard InChI is InChI=1S/C16H17N3O3S/c20-11-5-3-7-17-15(11)19-14(21)9-18-16(22)13-8-10-4-1-2-6-12(10)23-13/h3,5,7-8,20H,1-2,4,6,9H2,(H,18,22)(H,17,19,21). The fraction of sp³-hybridized carbons (Fsp3) is 0.312. The van der Waals surface area contributed by atoms with Gasteiger partial charge in [0.05, 0.1) is 11.4 Å². The molecule has 2 aromatic rings. The molecule has 0 unspecified atom stereocenters. The fourth-order valence-electron chi connectivity index (χ4n) is 2.52. The van der Waals surface area contributed by atoms with Crippen molar-refractivity contribution >= 4 is 29.0 Å². The number of nitrogens with one attached hydrogen (secondary N) is 2. The van der Waals surface area contributed by atoms with E-state index in [-0.39, 0.29) is 24.0 Å². The van der Waals surface area contributed by atoms with E-state index in [1.54, 1.807) is 6.07 Å². The van der Waals surface area contributed by atoms with Crippen LogP contribution in [0.3, 0.4) is 0 Å². The molecule has 120 valence electrons. The van der Waals surface area contributed by atoms with Gasteiger partial charge in [-0.05, 0) is 49.4 Å². The molecular weight excluding hydrogens is 314 g/mol. The summed E-state index contributed by atoms with van der Waals surface area (Å²) in [5.74, 6) is -0.713. The van der Waals surface area contributed by atoms with Crippen LogP contribution in [-0.4, -0.2) is 28.4 Å². The maximum absolute atomic E-state index is 12.1. The van der Waals surface area contributed by atoms with E-state index in [4.69, 9.17) is 0 Å². The van der Waals surface area contributed by atoms with Crippen molar-refractivity contribution < 1.29 is 14.7 Å². The number of rotatable bonds is 4. The summed E-state index contributed by atoms with van der Waals surface area (Å²) in [5.41, 5.74) is 1.26. The maximum atomic E-state index is 12.1. The number of carbonyl (C=O) groups excluding carboxylic acids is 2. The Labute approximate surface area is 137 Å². The lowest BCUT2D eigenvalue weighted by atomic mass is 9.99. The molecule has 0 radical (unpaired) electrons. The smallest absolute Gasteiger partial charge is 0.261 e. The van der Waals surface area contributed by atoms with Crippen LogP contribution in [0, 0.1) is 0 Å². The summed E-state index contributed by atoms with van der Waals surface area (Å²) in [6, 6.07) is 4.92. The Morgan fingerprint density at radius 2 is 2.13 bits per heavy atom. The minimum Gasteiger partial charge on any atom is -0.504 e. The zero-order valence-electron chi connectivity index (χ0n) is 12.5. The number of pyridine rings is 1. The predicted molar refractivity (Wildman–Crippen MR) is 87.8 cm³/mol. The normalized spacial score (nSPS) is 13.2. The minimum atomic E-state index is -0.436. The Morgan fingerprint density at radius 1 is 1.30 bits per heavy atom. The molecule has 6 nitrogen and oxygen atoms in total. The second-order valence-electron chi connectivity index (χ2n) is 5.37. The molecule has 0 aliphatic heterocycles. The van der Waals surface area contributed by atoms with Crippen LogP contribution >= 0.6 is 11.3 Å². The van der Waals surface area contributed by atoms with Gasteiger partial charge in [-0.25, -0.2) is 4.98 Å². The molecule has 0 bridgehead atoms. The second kappa shape index (κ2) is 6.78. The Kier molecular flexibility index (Phi) is 4.57. The molecule has 0 fully saturated rings. The lowest BCUT2D eigenvalue weighted by Gasteiger charge is -2.08. The Bertz CT molecular complexity index is 718. The number of anilines is 1. The average molecular weight is 331 g/mol. The highest BCUT2D eigenvalue weighted by Gasteiger charge is 2.17. The molecule has 1 aliphatic rings. The molecule has 23 heavy (non-hydrogen) atoms. The number of aryl methyl sites for hydroxylation is 2. The summed E-state index contributed by atoms with van der Waals surface area (Å²) >= 11 is 1.51. The SMILES string of the molecule is O=C(CNC(=O)c1cc2c(s1)CCCC2)Nc1ncccc1O. The number of thiophene rings is 1. The quantitative estimate of drug-likeness (QED) is 0.800. The number of aromatic nitrogens is 1. The highest BCUT2D eigenvalue weighted by Crippen LogP contribution is 2.29. The van der Waals surface area contributed by atoms with E-state index in [2.05, 4.69) is 15.6 Å². The molecule has 2 heterocycles. The zero-order chi connectivity index (χ0) is 16.2. The molecule has 2 aromatic heterocycles. The zero-order valence-corrected chi connectivity index (χ0v) is 13.3. The van der Waals surface area contributed by atoms with Crippen molar-refractivity contribution in [3.05, 3.63) is 39.7 Å². The first-order valence-electron chi connectivity index (χ1n) is 7.47. The van der Waals surface area contributed by atoms with E-state index >= 15 is 0 Å². The summed E-state index contributed by atoms with van der Waals surface area (Å²) in [6.07, 6.45) is 5.86. The van der Waals surface area contributed by atoms with Gasteiger partial charge in [-0.15, -0.1) is 11.3 Å². The molecule has 0 atom stereocenters. The van der Waals surface area contributed by atoms with Gasteiger partial charge in [0.15, 0.2) is 11.6 Å². The van der Waals surface area contributed by atoms with E-state index in [0.717, 1.165) is 12.8 Å². The van der Waals surface area contributed by atoms with Crippen LogP contribution in [0.4, 0.5) is 5.82 Å². The van der Waals surface area contributed by atoms with Crippen molar-refractivity contribution in [3.63, 3.8) is 0 Å². The van der Waals surface area contributed by atoms with Gasteiger partial charge in [0, 0.05) is 11.1 Å². The third-order valence-corrected chi connectivity index (χ3v) is 4.91. The molecule has 1 aliphatic carbocycles. The lowest BCUT2D eigenvalue weighted by molar-refractivity contribution is -0.115. The number of amides is 2. The maximum Gasteiger partial charge on any atom is 0.261 e. The number of aromatic hydroxyl groups is 1. The van der Waals surface area contributed by atoms with Gasteiger partial charge in [0.25, 0.3) is 5.91 Å². The van der Waals surface area contributed by atoms with Crippen LogP contribution in [0.5, 0.6) is 5.75 Å². The van der Waals surface area contributed by atoms with Crippen molar-refractivity contribution in [2.75, 3.05) is 11.9 Å². The third kappa shape index (κ3) is 3.68. The van der Waals surface area contributed by atoms with Crippen LogP contribution in [0.15, 0.2) is 24.4 Å². The Balaban J connectivity index is 1.55. The minimum absolute atomic E-state index is 0.0818. The summed E-state index contributed by atoms with van der Waals surface area (Å²) in [4.78, 5) is 29.7. The van der Waals surface area contributed by atoms with Gasteiger partial charge >= 0.3 is 0 Å².